The van der Waals surface area contributed by atoms with Crippen LogP contribution in [-0.4, -0.2) is 57.3 Å². The van der Waals surface area contributed by atoms with Gasteiger partial charge >= 0.3 is 0 Å². The Balaban J connectivity index is 1.37. The Morgan fingerprint density at radius 2 is 2.34 bits per heavy atom. The van der Waals surface area contributed by atoms with Gasteiger partial charge in [0, 0.05) is 44.4 Å². The Bertz CT molecular complexity index is 810. The monoisotopic (exact) mass is 415 g/mol. The van der Waals surface area contributed by atoms with Crippen molar-refractivity contribution in [3.8, 4) is 0 Å². The first kappa shape index (κ1) is 20.4. The molecule has 1 aliphatic carbocycles. The van der Waals surface area contributed by atoms with Crippen molar-refractivity contribution in [2.24, 2.45) is 0 Å². The molecule has 2 atom stereocenters. The van der Waals surface area contributed by atoms with Gasteiger partial charge in [0.25, 0.3) is 0 Å². The van der Waals surface area contributed by atoms with Crippen molar-refractivity contribution >= 4 is 17.2 Å². The Hall–Kier alpha value is -1.90. The van der Waals surface area contributed by atoms with Crippen LogP contribution in [0.3, 0.4) is 0 Å². The minimum absolute atomic E-state index is 0.192. The zero-order chi connectivity index (χ0) is 20.1. The molecule has 29 heavy (non-hydrogen) atoms. The van der Waals surface area contributed by atoms with E-state index < -0.39 is 0 Å². The molecule has 4 rings (SSSR count). The van der Waals surface area contributed by atoms with Crippen LogP contribution < -0.4 is 5.32 Å². The van der Waals surface area contributed by atoms with Crippen LogP contribution in [0.15, 0.2) is 24.5 Å². The van der Waals surface area contributed by atoms with Crippen LogP contribution in [0, 0.1) is 6.92 Å². The van der Waals surface area contributed by atoms with Gasteiger partial charge in [-0.3, -0.25) is 9.78 Å². The first-order chi connectivity index (χ1) is 14.1. The Morgan fingerprint density at radius 1 is 1.41 bits per heavy atom. The third kappa shape index (κ3) is 4.99. The minimum atomic E-state index is -0.284. The lowest BCUT2D eigenvalue weighted by Gasteiger charge is -2.50. The molecule has 2 aromatic heterocycles. The van der Waals surface area contributed by atoms with Crippen LogP contribution in [0.4, 0.5) is 0 Å². The van der Waals surface area contributed by atoms with Crippen LogP contribution in [0.25, 0.3) is 0 Å². The molecule has 1 saturated carbocycles. The number of rotatable bonds is 6. The second-order valence-corrected chi connectivity index (χ2v) is 9.25. The van der Waals surface area contributed by atoms with Gasteiger partial charge in [-0.15, -0.1) is 21.5 Å². The highest BCUT2D eigenvalue weighted by atomic mass is 32.1. The number of pyridine rings is 1. The molecule has 1 aliphatic heterocycles. The molecule has 1 spiro atoms. The number of hydrogen-bond acceptors (Lipinski definition) is 7. The highest BCUT2D eigenvalue weighted by molar-refractivity contribution is 7.11. The van der Waals surface area contributed by atoms with E-state index in [0.717, 1.165) is 35.8 Å². The van der Waals surface area contributed by atoms with Gasteiger partial charge in [-0.2, -0.15) is 0 Å². The van der Waals surface area contributed by atoms with Crippen molar-refractivity contribution in [3.63, 3.8) is 0 Å². The smallest absolute Gasteiger partial charge is 0.223 e. The molecule has 0 radical (unpaired) electrons. The zero-order valence-corrected chi connectivity index (χ0v) is 17.8. The largest absolute Gasteiger partial charge is 0.370 e. The molecule has 1 N–H and O–H groups in total. The van der Waals surface area contributed by atoms with Gasteiger partial charge in [-0.25, -0.2) is 0 Å². The predicted molar refractivity (Wildman–Crippen MR) is 112 cm³/mol. The lowest BCUT2D eigenvalue weighted by Crippen LogP contribution is -2.64. The number of aryl methyl sites for hydroxylation is 2. The van der Waals surface area contributed by atoms with E-state index in [0.29, 0.717) is 32.5 Å². The molecule has 2 aliphatic rings. The zero-order valence-electron chi connectivity index (χ0n) is 17.0. The van der Waals surface area contributed by atoms with Crippen molar-refractivity contribution in [3.05, 3.63) is 40.1 Å². The third-order valence-corrected chi connectivity index (χ3v) is 6.83. The quantitative estimate of drug-likeness (QED) is 0.781. The maximum Gasteiger partial charge on any atom is 0.223 e. The van der Waals surface area contributed by atoms with Gasteiger partial charge in [0.2, 0.25) is 5.91 Å². The molecule has 1 amide bonds. The maximum absolute atomic E-state index is 12.9. The second kappa shape index (κ2) is 9.28. The summed E-state index contributed by atoms with van der Waals surface area (Å²) in [5.74, 6) is 0.192. The van der Waals surface area contributed by atoms with Crippen molar-refractivity contribution in [2.45, 2.75) is 63.6 Å². The topological polar surface area (TPSA) is 80.2 Å². The van der Waals surface area contributed by atoms with Crippen molar-refractivity contribution in [1.82, 2.24) is 25.4 Å². The van der Waals surface area contributed by atoms with Crippen LogP contribution in [0.5, 0.6) is 0 Å². The van der Waals surface area contributed by atoms with Crippen LogP contribution in [-0.2, 0) is 22.5 Å². The predicted octanol–water partition coefficient (Wildman–Crippen LogP) is 2.50. The fraction of sp³-hybridized carbons (Fsp3) is 0.619. The van der Waals surface area contributed by atoms with Gasteiger partial charge in [0.05, 0.1) is 13.2 Å². The number of morpholine rings is 1. The summed E-state index contributed by atoms with van der Waals surface area (Å²) >= 11 is 1.57. The van der Waals surface area contributed by atoms with E-state index in [1.165, 1.54) is 12.0 Å². The fourth-order valence-corrected chi connectivity index (χ4v) is 5.14. The second-order valence-electron chi connectivity index (χ2n) is 7.98. The summed E-state index contributed by atoms with van der Waals surface area (Å²) in [6.07, 6.45) is 9.26. The average molecular weight is 416 g/mol. The summed E-state index contributed by atoms with van der Waals surface area (Å²) in [6, 6.07) is 4.30. The molecule has 2 fully saturated rings. The van der Waals surface area contributed by atoms with Gasteiger partial charge in [-0.1, -0.05) is 18.9 Å². The molecule has 7 nitrogen and oxygen atoms in total. The van der Waals surface area contributed by atoms with E-state index in [2.05, 4.69) is 26.6 Å². The summed E-state index contributed by atoms with van der Waals surface area (Å²) in [5, 5.41) is 13.8. The van der Waals surface area contributed by atoms with Crippen LogP contribution in [0.2, 0.25) is 0 Å². The Kier molecular flexibility index (Phi) is 6.52. The summed E-state index contributed by atoms with van der Waals surface area (Å²) < 4.78 is 6.36. The number of amides is 1. The highest BCUT2D eigenvalue weighted by Gasteiger charge is 2.45. The van der Waals surface area contributed by atoms with E-state index in [1.54, 1.807) is 17.5 Å². The molecule has 8 heteroatoms. The van der Waals surface area contributed by atoms with Crippen LogP contribution in [0.1, 0.15) is 47.7 Å². The van der Waals surface area contributed by atoms with Crippen molar-refractivity contribution < 1.29 is 9.53 Å². The van der Waals surface area contributed by atoms with Gasteiger partial charge < -0.3 is 15.0 Å². The van der Waals surface area contributed by atoms with Gasteiger partial charge in [0.1, 0.15) is 15.6 Å². The lowest BCUT2D eigenvalue weighted by atomic mass is 9.78. The molecular formula is C21H29N5O2S. The first-order valence-corrected chi connectivity index (χ1v) is 11.3. The third-order valence-electron chi connectivity index (χ3n) is 5.94. The molecular weight excluding hydrogens is 386 g/mol. The molecule has 2 aromatic rings. The standard InChI is InChI=1S/C21H29N5O2S/c1-16-24-25-19(29-16)7-8-20(27)26-11-12-28-21(15-26)9-3-2-6-18(21)23-14-17-5-4-10-22-13-17/h4-5,10,13,18,23H,2-3,6-9,11-12,14-15H2,1H3/t18-,21+/m1/s1. The van der Waals surface area contributed by atoms with E-state index in [1.807, 2.05) is 24.1 Å². The normalized spacial score (nSPS) is 24.7. The maximum atomic E-state index is 12.9. The number of aromatic nitrogens is 3. The highest BCUT2D eigenvalue weighted by Crippen LogP contribution is 2.35. The van der Waals surface area contributed by atoms with Crippen LogP contribution >= 0.6 is 11.3 Å². The van der Waals surface area contributed by atoms with E-state index in [9.17, 15) is 4.79 Å². The van der Waals surface area contributed by atoms with Crippen molar-refractivity contribution in [2.75, 3.05) is 19.7 Å². The Labute approximate surface area is 175 Å². The number of nitrogens with zero attached hydrogens (tertiary/aromatic N) is 4. The van der Waals surface area contributed by atoms with Crippen molar-refractivity contribution in [1.29, 1.82) is 0 Å². The number of ether oxygens (including phenoxy) is 1. The molecule has 156 valence electrons. The number of carbonyl (C=O) groups is 1. The summed E-state index contributed by atoms with van der Waals surface area (Å²) in [6.45, 7) is 4.66. The summed E-state index contributed by atoms with van der Waals surface area (Å²) in [5.41, 5.74) is 0.887. The van der Waals surface area contributed by atoms with E-state index in [4.69, 9.17) is 4.74 Å². The van der Waals surface area contributed by atoms with E-state index >= 15 is 0 Å². The SMILES string of the molecule is Cc1nnc(CCC(=O)N2CCO[C@@]3(CCCC[C@H]3NCc3cccnc3)C2)s1. The number of nitrogens with one attached hydrogen (secondary N) is 1. The summed E-state index contributed by atoms with van der Waals surface area (Å²) in [7, 11) is 0. The minimum Gasteiger partial charge on any atom is -0.370 e. The fourth-order valence-electron chi connectivity index (χ4n) is 4.43. The molecule has 0 bridgehead atoms. The molecule has 0 aromatic carbocycles. The lowest BCUT2D eigenvalue weighted by molar-refractivity contribution is -0.163. The average Bonchev–Trinajstić information content (AvgIpc) is 3.17. The molecule has 3 heterocycles. The number of hydrogen-bond donors (Lipinski definition) is 1. The van der Waals surface area contributed by atoms with E-state index in [-0.39, 0.29) is 17.6 Å². The summed E-state index contributed by atoms with van der Waals surface area (Å²) in [4.78, 5) is 19.1. The van der Waals surface area contributed by atoms with Gasteiger partial charge in [0.15, 0.2) is 0 Å². The number of carbonyl (C=O) groups excluding carboxylic acids is 1. The Morgan fingerprint density at radius 3 is 3.14 bits per heavy atom. The van der Waals surface area contributed by atoms with Gasteiger partial charge in [-0.05, 0) is 31.4 Å². The first-order valence-electron chi connectivity index (χ1n) is 10.5. The molecule has 1 saturated heterocycles. The molecule has 0 unspecified atom stereocenters.